The lowest BCUT2D eigenvalue weighted by atomic mass is 9.33. The summed E-state index contributed by atoms with van der Waals surface area (Å²) in [6.07, 6.45) is 2.14. The van der Waals surface area contributed by atoms with Crippen molar-refractivity contribution in [1.29, 1.82) is 0 Å². The third-order valence-electron chi connectivity index (χ3n) is 10.4. The van der Waals surface area contributed by atoms with E-state index in [0.717, 1.165) is 12.8 Å². The molecule has 6 aromatic carbocycles. The van der Waals surface area contributed by atoms with E-state index in [2.05, 4.69) is 147 Å². The summed E-state index contributed by atoms with van der Waals surface area (Å²) in [4.78, 5) is 0. The Labute approximate surface area is 270 Å². The predicted molar refractivity (Wildman–Crippen MR) is 199 cm³/mol. The fourth-order valence-electron chi connectivity index (χ4n) is 8.58. The van der Waals surface area contributed by atoms with E-state index in [4.69, 9.17) is 0 Å². The zero-order chi connectivity index (χ0) is 31.8. The lowest BCUT2D eigenvalue weighted by Crippen LogP contribution is -2.57. The Kier molecular flexibility index (Phi) is 7.08. The Morgan fingerprint density at radius 1 is 0.578 bits per heavy atom. The molecule has 0 nitrogen and oxygen atoms in total. The van der Waals surface area contributed by atoms with Gasteiger partial charge in [0.25, 0.3) is 0 Å². The predicted octanol–water partition coefficient (Wildman–Crippen LogP) is 9.42. The molecule has 1 aliphatic rings. The topological polar surface area (TPSA) is 0 Å². The van der Waals surface area contributed by atoms with E-state index in [1.807, 2.05) is 0 Å². The largest absolute Gasteiger partial charge is 0.242 e. The average Bonchev–Trinajstić information content (AvgIpc) is 2.97. The quantitative estimate of drug-likeness (QED) is 0.143. The first-order valence-electron chi connectivity index (χ1n) is 16.7. The van der Waals surface area contributed by atoms with E-state index in [-0.39, 0.29) is 12.1 Å². The molecule has 6 aromatic rings. The van der Waals surface area contributed by atoms with Crippen LogP contribution in [0.2, 0.25) is 0 Å². The van der Waals surface area contributed by atoms with E-state index in [0.29, 0.717) is 0 Å². The smallest absolute Gasteiger partial charge is 0.0642 e. The molecule has 0 N–H and O–H groups in total. The minimum absolute atomic E-state index is 0.114. The zero-order valence-electron chi connectivity index (χ0n) is 28.6. The van der Waals surface area contributed by atoms with Crippen LogP contribution in [-0.2, 0) is 18.3 Å². The summed E-state index contributed by atoms with van der Waals surface area (Å²) in [5.74, 6) is 0. The molecular formula is C44H45B. The molecule has 0 amide bonds. The van der Waals surface area contributed by atoms with Gasteiger partial charge in [-0.05, 0) is 109 Å². The van der Waals surface area contributed by atoms with Crippen LogP contribution in [0, 0.1) is 41.5 Å². The number of aryl methyl sites for hydroxylation is 8. The van der Waals surface area contributed by atoms with Crippen LogP contribution < -0.4 is 16.4 Å². The number of hydrogen-bond acceptors (Lipinski definition) is 0. The van der Waals surface area contributed by atoms with Crippen molar-refractivity contribution < 1.29 is 0 Å². The number of benzene rings is 6. The first-order chi connectivity index (χ1) is 21.4. The monoisotopic (exact) mass is 584 g/mol. The Hall–Kier alpha value is -4.10. The van der Waals surface area contributed by atoms with Crippen LogP contribution in [0.25, 0.3) is 32.7 Å². The van der Waals surface area contributed by atoms with Crippen LogP contribution in [0.15, 0.2) is 84.9 Å². The molecular weight excluding hydrogens is 539 g/mol. The lowest BCUT2D eigenvalue weighted by molar-refractivity contribution is 0.590. The molecule has 7 rings (SSSR count). The van der Waals surface area contributed by atoms with Crippen molar-refractivity contribution in [3.63, 3.8) is 0 Å². The van der Waals surface area contributed by atoms with E-state index >= 15 is 0 Å². The van der Waals surface area contributed by atoms with Gasteiger partial charge in [-0.15, -0.1) is 0 Å². The molecule has 0 heterocycles. The maximum atomic E-state index is 2.58. The molecule has 1 aliphatic carbocycles. The van der Waals surface area contributed by atoms with Gasteiger partial charge in [0.1, 0.15) is 0 Å². The van der Waals surface area contributed by atoms with Gasteiger partial charge in [-0.25, -0.2) is 0 Å². The molecule has 0 aromatic heterocycles. The molecule has 0 saturated heterocycles. The van der Waals surface area contributed by atoms with Crippen LogP contribution >= 0.6 is 0 Å². The van der Waals surface area contributed by atoms with Crippen LogP contribution in [0.5, 0.6) is 0 Å². The molecule has 45 heavy (non-hydrogen) atoms. The molecule has 224 valence electrons. The van der Waals surface area contributed by atoms with Crippen LogP contribution in [0.1, 0.15) is 70.8 Å². The molecule has 0 fully saturated rings. The van der Waals surface area contributed by atoms with Gasteiger partial charge in [-0.2, -0.15) is 0 Å². The highest BCUT2D eigenvalue weighted by molar-refractivity contribution is 6.97. The zero-order valence-corrected chi connectivity index (χ0v) is 28.6. The van der Waals surface area contributed by atoms with E-state index in [1.165, 1.54) is 99.1 Å². The highest BCUT2D eigenvalue weighted by Gasteiger charge is 2.33. The lowest BCUT2D eigenvalue weighted by Gasteiger charge is -2.31. The Bertz CT molecular complexity index is 2040. The normalized spacial score (nSPS) is 12.8. The van der Waals surface area contributed by atoms with Crippen molar-refractivity contribution in [2.24, 2.45) is 0 Å². The van der Waals surface area contributed by atoms with E-state index in [9.17, 15) is 0 Å². The Morgan fingerprint density at radius 2 is 1.16 bits per heavy atom. The fourth-order valence-corrected chi connectivity index (χ4v) is 8.58. The number of rotatable bonds is 4. The van der Waals surface area contributed by atoms with Crippen LogP contribution in [0.3, 0.4) is 0 Å². The van der Waals surface area contributed by atoms with Crippen molar-refractivity contribution in [2.75, 3.05) is 0 Å². The van der Waals surface area contributed by atoms with Gasteiger partial charge in [0.15, 0.2) is 0 Å². The first kappa shape index (κ1) is 29.6. The Balaban J connectivity index is 1.67. The molecule has 1 heteroatoms. The van der Waals surface area contributed by atoms with Crippen LogP contribution in [-0.4, -0.2) is 6.71 Å². The molecule has 0 saturated carbocycles. The highest BCUT2D eigenvalue weighted by Crippen LogP contribution is 2.41. The fraction of sp³-hybridized carbons (Fsp3) is 0.273. The summed E-state index contributed by atoms with van der Waals surface area (Å²) in [5, 5.41) is 5.70. The molecule has 0 aliphatic heterocycles. The second-order valence-electron chi connectivity index (χ2n) is 14.9. The summed E-state index contributed by atoms with van der Waals surface area (Å²) < 4.78 is 0. The summed E-state index contributed by atoms with van der Waals surface area (Å²) in [6.45, 7) is 20.9. The SMILES string of the molecule is Cc1cc(C)c(B(c2cc(-c3ccccc3)c3ccc4cc(C(C)(C)C)cc5c4c3c2CC5)c2c(C)cc(C)cc2C)c(C)c1. The van der Waals surface area contributed by atoms with E-state index in [1.54, 1.807) is 0 Å². The summed E-state index contributed by atoms with van der Waals surface area (Å²) >= 11 is 0. The highest BCUT2D eigenvalue weighted by atomic mass is 14.3. The van der Waals surface area contributed by atoms with Gasteiger partial charge in [0.05, 0.1) is 0 Å². The minimum atomic E-state index is 0.114. The minimum Gasteiger partial charge on any atom is -0.0642 e. The van der Waals surface area contributed by atoms with Gasteiger partial charge < -0.3 is 0 Å². The van der Waals surface area contributed by atoms with Crippen molar-refractivity contribution >= 4 is 44.6 Å². The van der Waals surface area contributed by atoms with E-state index < -0.39 is 0 Å². The molecule has 0 unspecified atom stereocenters. The Morgan fingerprint density at radius 3 is 1.71 bits per heavy atom. The van der Waals surface area contributed by atoms with Crippen molar-refractivity contribution in [2.45, 2.75) is 80.6 Å². The second kappa shape index (κ2) is 10.8. The van der Waals surface area contributed by atoms with Gasteiger partial charge in [0.2, 0.25) is 6.71 Å². The summed E-state index contributed by atoms with van der Waals surface area (Å²) in [7, 11) is 0. The molecule has 0 bridgehead atoms. The number of hydrogen-bond donors (Lipinski definition) is 0. The maximum Gasteiger partial charge on any atom is 0.242 e. The molecule has 0 atom stereocenters. The average molecular weight is 585 g/mol. The van der Waals surface area contributed by atoms with Gasteiger partial charge in [-0.3, -0.25) is 0 Å². The first-order valence-corrected chi connectivity index (χ1v) is 16.7. The van der Waals surface area contributed by atoms with Gasteiger partial charge >= 0.3 is 0 Å². The van der Waals surface area contributed by atoms with Crippen molar-refractivity contribution in [1.82, 2.24) is 0 Å². The van der Waals surface area contributed by atoms with Gasteiger partial charge in [0, 0.05) is 0 Å². The summed E-state index contributed by atoms with van der Waals surface area (Å²) in [6, 6.07) is 33.0. The summed E-state index contributed by atoms with van der Waals surface area (Å²) in [5.41, 5.74) is 19.8. The third kappa shape index (κ3) is 4.92. The maximum absolute atomic E-state index is 2.58. The molecule has 0 spiro atoms. The van der Waals surface area contributed by atoms with Crippen molar-refractivity contribution in [3.8, 4) is 11.1 Å². The second-order valence-corrected chi connectivity index (χ2v) is 14.9. The standard InChI is InChI=1S/C44H45B/c1-26-19-28(3)42(29(4)20-26)45(43-30(5)21-27(2)22-31(43)6)39-25-38(32-13-11-10-12-14-32)36-17-15-33-23-35(44(7,8)9)24-34-16-18-37(39)41(36)40(33)34/h10-15,17,19-25H,16,18H2,1-9H3. The van der Waals surface area contributed by atoms with Gasteiger partial charge in [-0.1, -0.05) is 155 Å². The van der Waals surface area contributed by atoms with Crippen LogP contribution in [0.4, 0.5) is 0 Å². The van der Waals surface area contributed by atoms with Crippen molar-refractivity contribution in [3.05, 3.63) is 135 Å². The molecule has 0 radical (unpaired) electrons. The third-order valence-corrected chi connectivity index (χ3v) is 10.4.